The van der Waals surface area contributed by atoms with Gasteiger partial charge < -0.3 is 4.52 Å². The summed E-state index contributed by atoms with van der Waals surface area (Å²) >= 11 is 0. The van der Waals surface area contributed by atoms with Gasteiger partial charge in [-0.2, -0.15) is 10.1 Å². The first kappa shape index (κ1) is 16.8. The van der Waals surface area contributed by atoms with Crippen molar-refractivity contribution < 1.29 is 9.32 Å². The Morgan fingerprint density at radius 3 is 2.41 bits per heavy atom. The zero-order valence-electron chi connectivity index (χ0n) is 14.9. The molecule has 0 atom stereocenters. The van der Waals surface area contributed by atoms with Gasteiger partial charge >= 0.3 is 5.63 Å². The third-order valence-corrected chi connectivity index (χ3v) is 4.43. The fraction of sp³-hybridized carbons (Fsp3) is 0.0952. The van der Waals surface area contributed by atoms with Crippen LogP contribution in [0.3, 0.4) is 0 Å². The second kappa shape index (κ2) is 6.57. The van der Waals surface area contributed by atoms with Gasteiger partial charge in [0.1, 0.15) is 0 Å². The van der Waals surface area contributed by atoms with E-state index in [1.165, 1.54) is 5.01 Å². The van der Waals surface area contributed by atoms with Crippen molar-refractivity contribution in [1.29, 1.82) is 0 Å². The molecule has 0 bridgehead atoms. The van der Waals surface area contributed by atoms with E-state index in [0.29, 0.717) is 28.2 Å². The third kappa shape index (κ3) is 3.01. The molecule has 134 valence electrons. The number of aryl methyl sites for hydroxylation is 1. The van der Waals surface area contributed by atoms with Gasteiger partial charge in [0, 0.05) is 5.56 Å². The topological polar surface area (TPSA) is 78.7 Å². The summed E-state index contributed by atoms with van der Waals surface area (Å²) < 4.78 is 4.97. The average molecular weight is 359 g/mol. The Balaban J connectivity index is 1.75. The molecule has 3 aromatic rings. The number of aromatic nitrogens is 1. The largest absolute Gasteiger partial charge is 0.365 e. The second-order valence-electron chi connectivity index (χ2n) is 6.34. The van der Waals surface area contributed by atoms with Gasteiger partial charge in [-0.25, -0.2) is 9.95 Å². The molecule has 1 amide bonds. The molecule has 1 N–H and O–H groups in total. The van der Waals surface area contributed by atoms with Crippen LogP contribution in [0.25, 0.3) is 17.3 Å². The normalized spacial score (nSPS) is 15.5. The Morgan fingerprint density at radius 1 is 1.00 bits per heavy atom. The van der Waals surface area contributed by atoms with Crippen molar-refractivity contribution in [3.8, 4) is 11.3 Å². The lowest BCUT2D eigenvalue weighted by atomic mass is 10.0. The Kier molecular flexibility index (Phi) is 4.08. The van der Waals surface area contributed by atoms with Crippen LogP contribution in [-0.2, 0) is 4.79 Å². The van der Waals surface area contributed by atoms with Crippen molar-refractivity contribution in [2.75, 3.05) is 5.01 Å². The van der Waals surface area contributed by atoms with E-state index >= 15 is 0 Å². The zero-order valence-corrected chi connectivity index (χ0v) is 14.9. The first-order valence-corrected chi connectivity index (χ1v) is 8.50. The minimum atomic E-state index is -0.532. The van der Waals surface area contributed by atoms with E-state index in [-0.39, 0.29) is 5.91 Å². The minimum Gasteiger partial charge on any atom is -0.338 e. The number of H-pyrrole nitrogens is 1. The predicted octanol–water partition coefficient (Wildman–Crippen LogP) is 3.75. The van der Waals surface area contributed by atoms with Crippen molar-refractivity contribution >= 4 is 23.4 Å². The molecule has 27 heavy (non-hydrogen) atoms. The molecular weight excluding hydrogens is 342 g/mol. The molecule has 4 rings (SSSR count). The summed E-state index contributed by atoms with van der Waals surface area (Å²) in [5.74, 6) is -0.282. The quantitative estimate of drug-likeness (QED) is 0.724. The Bertz CT molecular complexity index is 1120. The van der Waals surface area contributed by atoms with Crippen molar-refractivity contribution in [3.05, 3.63) is 81.7 Å². The number of hydrogen-bond donors (Lipinski definition) is 1. The monoisotopic (exact) mass is 359 g/mol. The molecule has 0 spiro atoms. The standard InChI is InChI=1S/C21H17N3O3/c1-13-8-10-16(11-9-13)24-20(25)17(14(2)22-24)12-18-19(23-27-21(18)26)15-6-4-3-5-7-15/h3-12,23H,1-2H3/b17-12+. The highest BCUT2D eigenvalue weighted by molar-refractivity contribution is 6.32. The maximum Gasteiger partial charge on any atom is 0.365 e. The molecule has 0 aliphatic carbocycles. The van der Waals surface area contributed by atoms with Crippen LogP contribution >= 0.6 is 0 Å². The van der Waals surface area contributed by atoms with Crippen molar-refractivity contribution in [1.82, 2.24) is 5.16 Å². The summed E-state index contributed by atoms with van der Waals surface area (Å²) in [6.07, 6.45) is 1.54. The molecule has 0 unspecified atom stereocenters. The van der Waals surface area contributed by atoms with E-state index in [0.717, 1.165) is 11.1 Å². The zero-order chi connectivity index (χ0) is 19.0. The summed E-state index contributed by atoms with van der Waals surface area (Å²) in [6, 6.07) is 16.9. The molecule has 0 saturated carbocycles. The predicted molar refractivity (Wildman–Crippen MR) is 105 cm³/mol. The highest BCUT2D eigenvalue weighted by atomic mass is 16.5. The van der Waals surface area contributed by atoms with E-state index in [9.17, 15) is 9.59 Å². The van der Waals surface area contributed by atoms with Gasteiger partial charge in [0.05, 0.1) is 28.2 Å². The number of nitrogens with one attached hydrogen (secondary N) is 1. The van der Waals surface area contributed by atoms with Crippen LogP contribution in [0.4, 0.5) is 5.69 Å². The number of carbonyl (C=O) groups excluding carboxylic acids is 1. The number of anilines is 1. The number of carbonyl (C=O) groups is 1. The first-order valence-electron chi connectivity index (χ1n) is 8.50. The summed E-state index contributed by atoms with van der Waals surface area (Å²) in [5.41, 5.74) is 3.77. The van der Waals surface area contributed by atoms with Gasteiger partial charge in [0.15, 0.2) is 0 Å². The van der Waals surface area contributed by atoms with Crippen molar-refractivity contribution in [2.45, 2.75) is 13.8 Å². The number of hydrogen-bond acceptors (Lipinski definition) is 4. The molecule has 0 radical (unpaired) electrons. The van der Waals surface area contributed by atoms with Gasteiger partial charge in [0.25, 0.3) is 5.91 Å². The van der Waals surface area contributed by atoms with Crippen LogP contribution in [0, 0.1) is 6.92 Å². The van der Waals surface area contributed by atoms with Crippen LogP contribution in [0.15, 0.2) is 74.6 Å². The molecule has 6 nitrogen and oxygen atoms in total. The lowest BCUT2D eigenvalue weighted by molar-refractivity contribution is -0.114. The Morgan fingerprint density at radius 2 is 1.70 bits per heavy atom. The number of benzene rings is 2. The molecule has 0 fully saturated rings. The van der Waals surface area contributed by atoms with Gasteiger partial charge in [-0.15, -0.1) is 0 Å². The van der Waals surface area contributed by atoms with Crippen LogP contribution in [-0.4, -0.2) is 16.8 Å². The smallest absolute Gasteiger partial charge is 0.338 e. The lowest BCUT2D eigenvalue weighted by Crippen LogP contribution is -2.21. The number of nitrogens with zero attached hydrogens (tertiary/aromatic N) is 2. The van der Waals surface area contributed by atoms with Gasteiger partial charge in [-0.1, -0.05) is 48.0 Å². The van der Waals surface area contributed by atoms with E-state index in [4.69, 9.17) is 4.52 Å². The molecular formula is C21H17N3O3. The van der Waals surface area contributed by atoms with Crippen LogP contribution in [0.5, 0.6) is 0 Å². The van der Waals surface area contributed by atoms with Crippen LogP contribution < -0.4 is 10.6 Å². The molecule has 2 heterocycles. The fourth-order valence-corrected chi connectivity index (χ4v) is 2.95. The van der Waals surface area contributed by atoms with Crippen LogP contribution in [0.2, 0.25) is 0 Å². The minimum absolute atomic E-state index is 0.282. The summed E-state index contributed by atoms with van der Waals surface area (Å²) in [6.45, 7) is 3.72. The molecule has 6 heteroatoms. The SMILES string of the molecule is CC1=NN(c2ccc(C)cc2)C(=O)/C1=C/c1c(-c2ccccc2)[nH]oc1=O. The van der Waals surface area contributed by atoms with Gasteiger partial charge in [0.2, 0.25) is 0 Å². The highest BCUT2D eigenvalue weighted by Crippen LogP contribution is 2.27. The van der Waals surface area contributed by atoms with Crippen LogP contribution in [0.1, 0.15) is 18.1 Å². The van der Waals surface area contributed by atoms with Crippen molar-refractivity contribution in [2.24, 2.45) is 5.10 Å². The van der Waals surface area contributed by atoms with E-state index in [2.05, 4.69) is 10.3 Å². The maximum absolute atomic E-state index is 12.9. The van der Waals surface area contributed by atoms with E-state index in [1.807, 2.05) is 61.5 Å². The summed E-state index contributed by atoms with van der Waals surface area (Å²) in [5, 5.41) is 8.34. The second-order valence-corrected chi connectivity index (χ2v) is 6.34. The molecule has 0 saturated heterocycles. The van der Waals surface area contributed by atoms with Gasteiger partial charge in [-0.05, 0) is 32.1 Å². The van der Waals surface area contributed by atoms with E-state index < -0.39 is 5.63 Å². The van der Waals surface area contributed by atoms with E-state index in [1.54, 1.807) is 13.0 Å². The highest BCUT2D eigenvalue weighted by Gasteiger charge is 2.29. The number of amides is 1. The third-order valence-electron chi connectivity index (χ3n) is 4.43. The Labute approximate surface area is 155 Å². The average Bonchev–Trinajstić information content (AvgIpc) is 3.18. The number of aromatic amines is 1. The summed E-state index contributed by atoms with van der Waals surface area (Å²) in [4.78, 5) is 25.1. The fourth-order valence-electron chi connectivity index (χ4n) is 2.95. The summed E-state index contributed by atoms with van der Waals surface area (Å²) in [7, 11) is 0. The number of hydrazone groups is 1. The Hall–Kier alpha value is -3.67. The lowest BCUT2D eigenvalue weighted by Gasteiger charge is -2.11. The molecule has 2 aromatic carbocycles. The maximum atomic E-state index is 12.9. The molecule has 1 aliphatic rings. The first-order chi connectivity index (χ1) is 13.0. The van der Waals surface area contributed by atoms with Crippen molar-refractivity contribution in [3.63, 3.8) is 0 Å². The number of rotatable bonds is 3. The molecule has 1 aliphatic heterocycles. The molecule has 1 aromatic heterocycles. The van der Waals surface area contributed by atoms with Gasteiger partial charge in [-0.3, -0.25) is 4.79 Å².